The number of carbonyl (C=O) groups is 2. The highest BCUT2D eigenvalue weighted by molar-refractivity contribution is 6.33. The lowest BCUT2D eigenvalue weighted by atomic mass is 9.92. The van der Waals surface area contributed by atoms with Crippen LogP contribution in [-0.2, 0) is 9.59 Å². The summed E-state index contributed by atoms with van der Waals surface area (Å²) >= 11 is 5.57. The third-order valence-electron chi connectivity index (χ3n) is 2.35. The fourth-order valence-corrected chi connectivity index (χ4v) is 1.27. The Morgan fingerprint density at radius 1 is 1.33 bits per heavy atom. The average molecular weight is 278 g/mol. The van der Waals surface area contributed by atoms with E-state index in [-0.39, 0.29) is 5.02 Å². The van der Waals surface area contributed by atoms with Crippen LogP contribution in [0.5, 0.6) is 0 Å². The van der Waals surface area contributed by atoms with E-state index in [1.807, 2.05) is 5.32 Å². The van der Waals surface area contributed by atoms with E-state index in [4.69, 9.17) is 16.7 Å². The molecule has 4 nitrogen and oxygen atoms in total. The minimum atomic E-state index is -1.76. The van der Waals surface area contributed by atoms with Gasteiger partial charge in [0, 0.05) is 6.07 Å². The zero-order valence-corrected chi connectivity index (χ0v) is 10.3. The molecule has 0 saturated carbocycles. The summed E-state index contributed by atoms with van der Waals surface area (Å²) in [6.07, 6.45) is 0. The fraction of sp³-hybridized carbons (Fsp3) is 0.273. The predicted octanol–water partition coefficient (Wildman–Crippen LogP) is 2.67. The highest BCUT2D eigenvalue weighted by Gasteiger charge is 2.36. The molecule has 7 heteroatoms. The largest absolute Gasteiger partial charge is 0.480 e. The van der Waals surface area contributed by atoms with Gasteiger partial charge in [-0.3, -0.25) is 9.59 Å². The summed E-state index contributed by atoms with van der Waals surface area (Å²) in [4.78, 5) is 22.5. The molecule has 18 heavy (non-hydrogen) atoms. The van der Waals surface area contributed by atoms with E-state index in [2.05, 4.69) is 0 Å². The van der Waals surface area contributed by atoms with Crippen LogP contribution in [0.25, 0.3) is 0 Å². The number of hydrogen-bond acceptors (Lipinski definition) is 2. The lowest BCUT2D eigenvalue weighted by molar-refractivity contribution is -0.151. The number of rotatable bonds is 3. The summed E-state index contributed by atoms with van der Waals surface area (Å²) in [7, 11) is 0. The van der Waals surface area contributed by atoms with Crippen LogP contribution in [0.2, 0.25) is 5.02 Å². The van der Waals surface area contributed by atoms with Crippen LogP contribution < -0.4 is 5.32 Å². The maximum absolute atomic E-state index is 13.4. The normalized spacial score (nSPS) is 11.2. The summed E-state index contributed by atoms with van der Waals surface area (Å²) in [5, 5.41) is 10.5. The highest BCUT2D eigenvalue weighted by atomic mass is 35.5. The fourth-order valence-electron chi connectivity index (χ4n) is 1.03. The number of anilines is 1. The van der Waals surface area contributed by atoms with Crippen molar-refractivity contribution in [2.75, 3.05) is 5.32 Å². The first-order valence-corrected chi connectivity index (χ1v) is 5.23. The Morgan fingerprint density at radius 3 is 2.33 bits per heavy atom. The van der Waals surface area contributed by atoms with Crippen LogP contribution >= 0.6 is 11.6 Å². The first kappa shape index (κ1) is 14.4. The minimum Gasteiger partial charge on any atom is -0.480 e. The Labute approximate surface area is 107 Å². The highest BCUT2D eigenvalue weighted by Crippen LogP contribution is 2.28. The van der Waals surface area contributed by atoms with Crippen LogP contribution in [0.3, 0.4) is 0 Å². The molecular weight excluding hydrogens is 268 g/mol. The number of aliphatic carboxylic acids is 1. The van der Waals surface area contributed by atoms with Gasteiger partial charge in [-0.15, -0.1) is 0 Å². The van der Waals surface area contributed by atoms with Crippen LogP contribution in [0.4, 0.5) is 14.5 Å². The number of benzene rings is 1. The molecule has 0 heterocycles. The average Bonchev–Trinajstić information content (AvgIpc) is 2.22. The van der Waals surface area contributed by atoms with Gasteiger partial charge in [-0.05, 0) is 19.9 Å². The molecule has 0 aromatic heterocycles. The zero-order valence-electron chi connectivity index (χ0n) is 9.55. The third kappa shape index (κ3) is 2.76. The number of carboxylic acid groups (broad SMARTS) is 1. The van der Waals surface area contributed by atoms with E-state index >= 15 is 0 Å². The van der Waals surface area contributed by atoms with Gasteiger partial charge in [0.25, 0.3) is 0 Å². The molecule has 0 fully saturated rings. The maximum Gasteiger partial charge on any atom is 0.318 e. The van der Waals surface area contributed by atoms with Crippen LogP contribution in [0.15, 0.2) is 12.1 Å². The summed E-state index contributed by atoms with van der Waals surface area (Å²) < 4.78 is 26.2. The van der Waals surface area contributed by atoms with Crippen molar-refractivity contribution in [3.8, 4) is 0 Å². The maximum atomic E-state index is 13.4. The Kier molecular flexibility index (Phi) is 3.91. The molecule has 98 valence electrons. The minimum absolute atomic E-state index is 0.345. The quantitative estimate of drug-likeness (QED) is 0.835. The Morgan fingerprint density at radius 2 is 1.89 bits per heavy atom. The van der Waals surface area contributed by atoms with Gasteiger partial charge in [0.05, 0.1) is 10.7 Å². The molecule has 1 aromatic rings. The summed E-state index contributed by atoms with van der Waals surface area (Å²) in [5.74, 6) is -4.30. The second-order valence-electron chi connectivity index (χ2n) is 4.13. The van der Waals surface area contributed by atoms with Crippen LogP contribution in [0, 0.1) is 17.0 Å². The number of carbonyl (C=O) groups excluding carboxylic acids is 1. The smallest absolute Gasteiger partial charge is 0.318 e. The number of amides is 1. The van der Waals surface area contributed by atoms with Crippen molar-refractivity contribution < 1.29 is 23.5 Å². The molecule has 0 bridgehead atoms. The van der Waals surface area contributed by atoms with Crippen LogP contribution in [-0.4, -0.2) is 17.0 Å². The molecule has 0 atom stereocenters. The zero-order chi connectivity index (χ0) is 14.1. The van der Waals surface area contributed by atoms with E-state index < -0.39 is 34.6 Å². The van der Waals surface area contributed by atoms with E-state index in [1.54, 1.807) is 0 Å². The lowest BCUT2D eigenvalue weighted by Crippen LogP contribution is -2.38. The molecule has 0 spiro atoms. The second kappa shape index (κ2) is 4.89. The van der Waals surface area contributed by atoms with Crippen molar-refractivity contribution in [3.05, 3.63) is 28.8 Å². The SMILES string of the molecule is CC(C)(C(=O)O)C(=O)Nc1c(F)cc(F)cc1Cl. The summed E-state index contributed by atoms with van der Waals surface area (Å²) in [5.41, 5.74) is -2.21. The van der Waals surface area contributed by atoms with Gasteiger partial charge in [-0.25, -0.2) is 8.78 Å². The van der Waals surface area contributed by atoms with E-state index in [0.717, 1.165) is 19.9 Å². The van der Waals surface area contributed by atoms with Crippen molar-refractivity contribution >= 4 is 29.2 Å². The van der Waals surface area contributed by atoms with Gasteiger partial charge in [0.1, 0.15) is 11.2 Å². The van der Waals surface area contributed by atoms with Gasteiger partial charge in [0.2, 0.25) is 5.91 Å². The molecule has 2 N–H and O–H groups in total. The predicted molar refractivity (Wildman–Crippen MR) is 61.4 cm³/mol. The Bertz CT molecular complexity index is 494. The van der Waals surface area contributed by atoms with Gasteiger partial charge in [-0.2, -0.15) is 0 Å². The number of hydrogen-bond donors (Lipinski definition) is 2. The number of carboxylic acids is 1. The molecule has 0 saturated heterocycles. The molecule has 0 aliphatic rings. The first-order valence-electron chi connectivity index (χ1n) is 4.85. The summed E-state index contributed by atoms with van der Waals surface area (Å²) in [6, 6.07) is 1.35. The van der Waals surface area contributed by atoms with E-state index in [1.165, 1.54) is 0 Å². The standard InChI is InChI=1S/C11H10ClF2NO3/c1-11(2,10(17)18)9(16)15-8-6(12)3-5(13)4-7(8)14/h3-4H,1-2H3,(H,15,16)(H,17,18). The number of halogens is 3. The number of nitrogens with one attached hydrogen (secondary N) is 1. The molecule has 0 unspecified atom stereocenters. The van der Waals surface area contributed by atoms with Crippen LogP contribution in [0.1, 0.15) is 13.8 Å². The molecule has 0 aliphatic carbocycles. The first-order chi connectivity index (χ1) is 8.16. The summed E-state index contributed by atoms with van der Waals surface area (Å²) in [6.45, 7) is 2.31. The molecule has 1 rings (SSSR count). The molecule has 0 radical (unpaired) electrons. The van der Waals surface area contributed by atoms with Crippen molar-refractivity contribution in [2.24, 2.45) is 5.41 Å². The second-order valence-corrected chi connectivity index (χ2v) is 4.54. The van der Waals surface area contributed by atoms with Gasteiger partial charge in [0.15, 0.2) is 5.82 Å². The Hall–Kier alpha value is -1.69. The molecular formula is C11H10ClF2NO3. The topological polar surface area (TPSA) is 66.4 Å². The third-order valence-corrected chi connectivity index (χ3v) is 2.65. The van der Waals surface area contributed by atoms with Crippen molar-refractivity contribution in [2.45, 2.75) is 13.8 Å². The Balaban J connectivity index is 3.07. The monoisotopic (exact) mass is 277 g/mol. The van der Waals surface area contributed by atoms with Gasteiger partial charge in [-0.1, -0.05) is 11.6 Å². The van der Waals surface area contributed by atoms with Crippen molar-refractivity contribution in [1.82, 2.24) is 0 Å². The van der Waals surface area contributed by atoms with Crippen molar-refractivity contribution in [3.63, 3.8) is 0 Å². The van der Waals surface area contributed by atoms with E-state index in [9.17, 15) is 18.4 Å². The molecule has 0 aliphatic heterocycles. The van der Waals surface area contributed by atoms with E-state index in [0.29, 0.717) is 6.07 Å². The van der Waals surface area contributed by atoms with Gasteiger partial charge < -0.3 is 10.4 Å². The molecule has 1 amide bonds. The van der Waals surface area contributed by atoms with Crippen molar-refractivity contribution in [1.29, 1.82) is 0 Å². The lowest BCUT2D eigenvalue weighted by Gasteiger charge is -2.19. The van der Waals surface area contributed by atoms with Gasteiger partial charge >= 0.3 is 5.97 Å². The molecule has 1 aromatic carbocycles.